The van der Waals surface area contributed by atoms with Crippen LogP contribution in [0.4, 0.5) is 20.2 Å². The van der Waals surface area contributed by atoms with E-state index in [-0.39, 0.29) is 10.6 Å². The standard InChI is InChI=1S/C13H9Cl2F2N3O2/c1-22-13(21)12-7(15)10(19)8(17)11(20-12)5-2-4(14)3-6(16)9(5)18/h2-3H,18H2,1H3,(H2,19,20). The summed E-state index contributed by atoms with van der Waals surface area (Å²) >= 11 is 11.5. The van der Waals surface area contributed by atoms with Crippen molar-refractivity contribution in [2.24, 2.45) is 0 Å². The first-order valence-electron chi connectivity index (χ1n) is 5.75. The zero-order valence-electron chi connectivity index (χ0n) is 11.1. The number of nitrogens with two attached hydrogens (primary N) is 2. The second kappa shape index (κ2) is 5.94. The molecule has 116 valence electrons. The van der Waals surface area contributed by atoms with Crippen LogP contribution in [-0.4, -0.2) is 18.1 Å². The van der Waals surface area contributed by atoms with Crippen molar-refractivity contribution >= 4 is 40.5 Å². The minimum atomic E-state index is -1.05. The highest BCUT2D eigenvalue weighted by Gasteiger charge is 2.24. The van der Waals surface area contributed by atoms with E-state index < -0.39 is 45.4 Å². The number of carbonyl (C=O) groups is 1. The van der Waals surface area contributed by atoms with Gasteiger partial charge in [-0.1, -0.05) is 23.2 Å². The lowest BCUT2D eigenvalue weighted by molar-refractivity contribution is 0.0594. The Balaban J connectivity index is 2.82. The molecule has 4 N–H and O–H groups in total. The summed E-state index contributed by atoms with van der Waals surface area (Å²) in [6.45, 7) is 0. The zero-order valence-corrected chi connectivity index (χ0v) is 12.6. The number of nitrogen functional groups attached to an aromatic ring is 2. The summed E-state index contributed by atoms with van der Waals surface area (Å²) < 4.78 is 32.4. The third kappa shape index (κ3) is 2.65. The van der Waals surface area contributed by atoms with Gasteiger partial charge in [-0.15, -0.1) is 0 Å². The van der Waals surface area contributed by atoms with Crippen molar-refractivity contribution < 1.29 is 18.3 Å². The van der Waals surface area contributed by atoms with Crippen molar-refractivity contribution in [1.82, 2.24) is 4.98 Å². The van der Waals surface area contributed by atoms with E-state index in [2.05, 4.69) is 9.72 Å². The normalized spacial score (nSPS) is 10.6. The molecule has 0 saturated heterocycles. The number of ether oxygens (including phenoxy) is 1. The summed E-state index contributed by atoms with van der Waals surface area (Å²) in [6, 6.07) is 2.15. The molecular formula is C13H9Cl2F2N3O2. The van der Waals surface area contributed by atoms with Gasteiger partial charge in [0.05, 0.1) is 23.5 Å². The Hall–Kier alpha value is -2.12. The van der Waals surface area contributed by atoms with Gasteiger partial charge in [-0.2, -0.15) is 0 Å². The van der Waals surface area contributed by atoms with Crippen LogP contribution >= 0.6 is 23.2 Å². The second-order valence-electron chi connectivity index (χ2n) is 4.19. The number of rotatable bonds is 2. The van der Waals surface area contributed by atoms with E-state index in [4.69, 9.17) is 34.7 Å². The highest BCUT2D eigenvalue weighted by molar-refractivity contribution is 6.36. The second-order valence-corrected chi connectivity index (χ2v) is 5.01. The molecule has 0 saturated carbocycles. The van der Waals surface area contributed by atoms with E-state index in [9.17, 15) is 13.6 Å². The summed E-state index contributed by atoms with van der Waals surface area (Å²) in [5, 5.41) is -0.440. The fraction of sp³-hybridized carbons (Fsp3) is 0.0769. The molecule has 0 aliphatic heterocycles. The lowest BCUT2D eigenvalue weighted by Crippen LogP contribution is -2.11. The summed E-state index contributed by atoms with van der Waals surface area (Å²) in [7, 11) is 1.09. The van der Waals surface area contributed by atoms with Crippen molar-refractivity contribution in [3.05, 3.63) is 39.5 Å². The maximum Gasteiger partial charge on any atom is 0.358 e. The van der Waals surface area contributed by atoms with Crippen molar-refractivity contribution in [2.45, 2.75) is 0 Å². The van der Waals surface area contributed by atoms with Crippen LogP contribution in [0.25, 0.3) is 11.3 Å². The fourth-order valence-corrected chi connectivity index (χ4v) is 2.16. The Labute approximate surface area is 133 Å². The van der Waals surface area contributed by atoms with Gasteiger partial charge < -0.3 is 16.2 Å². The minimum Gasteiger partial charge on any atom is -0.464 e. The minimum absolute atomic E-state index is 0.0314. The molecule has 0 aliphatic rings. The van der Waals surface area contributed by atoms with Crippen LogP contribution < -0.4 is 11.5 Å². The molecule has 0 spiro atoms. The van der Waals surface area contributed by atoms with Gasteiger partial charge in [-0.3, -0.25) is 0 Å². The van der Waals surface area contributed by atoms with Gasteiger partial charge in [0.2, 0.25) is 0 Å². The number of hydrogen-bond acceptors (Lipinski definition) is 5. The first-order valence-corrected chi connectivity index (χ1v) is 6.51. The van der Waals surface area contributed by atoms with Gasteiger partial charge in [0.1, 0.15) is 11.5 Å². The monoisotopic (exact) mass is 347 g/mol. The molecule has 1 aromatic carbocycles. The highest BCUT2D eigenvalue weighted by Crippen LogP contribution is 2.36. The number of anilines is 2. The molecular weight excluding hydrogens is 339 g/mol. The third-order valence-corrected chi connectivity index (χ3v) is 3.44. The van der Waals surface area contributed by atoms with Crippen LogP contribution in [0.3, 0.4) is 0 Å². The highest BCUT2D eigenvalue weighted by atomic mass is 35.5. The Morgan fingerprint density at radius 3 is 2.45 bits per heavy atom. The van der Waals surface area contributed by atoms with Gasteiger partial charge in [-0.05, 0) is 12.1 Å². The van der Waals surface area contributed by atoms with Crippen molar-refractivity contribution in [3.63, 3.8) is 0 Å². The number of methoxy groups -OCH3 is 1. The van der Waals surface area contributed by atoms with E-state index >= 15 is 0 Å². The van der Waals surface area contributed by atoms with Gasteiger partial charge >= 0.3 is 5.97 Å². The molecule has 2 aromatic rings. The lowest BCUT2D eigenvalue weighted by Gasteiger charge is -2.12. The predicted octanol–water partition coefficient (Wildman–Crippen LogP) is 3.28. The van der Waals surface area contributed by atoms with Gasteiger partial charge in [0, 0.05) is 10.6 Å². The summed E-state index contributed by atoms with van der Waals surface area (Å²) in [4.78, 5) is 15.4. The Bertz CT molecular complexity index is 785. The largest absolute Gasteiger partial charge is 0.464 e. The molecule has 0 radical (unpaired) electrons. The zero-order chi connectivity index (χ0) is 16.6. The molecule has 0 atom stereocenters. The summed E-state index contributed by atoms with van der Waals surface area (Å²) in [5.41, 5.74) is 9.12. The van der Waals surface area contributed by atoms with Crippen molar-refractivity contribution in [1.29, 1.82) is 0 Å². The number of hydrogen-bond donors (Lipinski definition) is 2. The molecule has 0 fully saturated rings. The topological polar surface area (TPSA) is 91.2 Å². The van der Waals surface area contributed by atoms with E-state index in [0.717, 1.165) is 13.2 Å². The summed E-state index contributed by atoms with van der Waals surface area (Å²) in [6.07, 6.45) is 0. The lowest BCUT2D eigenvalue weighted by atomic mass is 10.1. The number of nitrogens with zero attached hydrogens (tertiary/aromatic N) is 1. The van der Waals surface area contributed by atoms with Crippen LogP contribution in [0.5, 0.6) is 0 Å². The Morgan fingerprint density at radius 1 is 1.23 bits per heavy atom. The quantitative estimate of drug-likeness (QED) is 0.642. The van der Waals surface area contributed by atoms with Crippen molar-refractivity contribution in [3.8, 4) is 11.3 Å². The first kappa shape index (κ1) is 16.3. The average molecular weight is 348 g/mol. The number of halogens is 4. The van der Waals surface area contributed by atoms with E-state index in [1.165, 1.54) is 6.07 Å². The smallest absolute Gasteiger partial charge is 0.358 e. The maximum atomic E-state index is 14.3. The molecule has 0 amide bonds. The van der Waals surface area contributed by atoms with E-state index in [1.807, 2.05) is 0 Å². The van der Waals surface area contributed by atoms with E-state index in [0.29, 0.717) is 0 Å². The SMILES string of the molecule is COC(=O)c1nc(-c2cc(Cl)cc(F)c2N)c(F)c(N)c1Cl. The number of carbonyl (C=O) groups excluding carboxylic acids is 1. The number of benzene rings is 1. The molecule has 0 unspecified atom stereocenters. The van der Waals surface area contributed by atoms with Crippen LogP contribution in [0.1, 0.15) is 10.5 Å². The summed E-state index contributed by atoms with van der Waals surface area (Å²) in [5.74, 6) is -2.85. The average Bonchev–Trinajstić information content (AvgIpc) is 2.48. The van der Waals surface area contributed by atoms with Gasteiger partial charge in [0.15, 0.2) is 11.5 Å². The third-order valence-electron chi connectivity index (χ3n) is 2.84. The molecule has 1 heterocycles. The molecule has 1 aromatic heterocycles. The number of pyridine rings is 1. The molecule has 9 heteroatoms. The fourth-order valence-electron chi connectivity index (χ4n) is 1.75. The first-order chi connectivity index (χ1) is 10.3. The Morgan fingerprint density at radius 2 is 1.86 bits per heavy atom. The number of esters is 1. The van der Waals surface area contributed by atoms with Crippen LogP contribution in [-0.2, 0) is 4.74 Å². The van der Waals surface area contributed by atoms with Crippen molar-refractivity contribution in [2.75, 3.05) is 18.6 Å². The van der Waals surface area contributed by atoms with E-state index in [1.54, 1.807) is 0 Å². The molecule has 2 rings (SSSR count). The van der Waals surface area contributed by atoms with Gasteiger partial charge in [0.25, 0.3) is 0 Å². The number of aromatic nitrogens is 1. The predicted molar refractivity (Wildman–Crippen MR) is 79.8 cm³/mol. The van der Waals surface area contributed by atoms with Crippen LogP contribution in [0, 0.1) is 11.6 Å². The van der Waals surface area contributed by atoms with Gasteiger partial charge in [-0.25, -0.2) is 18.6 Å². The molecule has 0 aliphatic carbocycles. The maximum absolute atomic E-state index is 14.3. The van der Waals surface area contributed by atoms with Crippen LogP contribution in [0.2, 0.25) is 10.0 Å². The molecule has 0 bridgehead atoms. The molecule has 22 heavy (non-hydrogen) atoms. The Kier molecular flexibility index (Phi) is 4.39. The van der Waals surface area contributed by atoms with Crippen LogP contribution in [0.15, 0.2) is 12.1 Å². The molecule has 5 nitrogen and oxygen atoms in total.